The number of hydrogen-bond acceptors (Lipinski definition) is 1. The maximum absolute atomic E-state index is 4.69. The molecule has 0 aliphatic carbocycles. The molecule has 0 saturated carbocycles. The number of hydrogen-bond donors (Lipinski definition) is 0. The van der Waals surface area contributed by atoms with Crippen molar-refractivity contribution in [2.75, 3.05) is 0 Å². The van der Waals surface area contributed by atoms with E-state index in [0.717, 1.165) is 16.9 Å². The minimum absolute atomic E-state index is 0. The molecule has 21 heavy (non-hydrogen) atoms. The van der Waals surface area contributed by atoms with Gasteiger partial charge in [0.2, 0.25) is 0 Å². The van der Waals surface area contributed by atoms with E-state index in [9.17, 15) is 0 Å². The largest absolute Gasteiger partial charge is 0.250 e. The summed E-state index contributed by atoms with van der Waals surface area (Å²) in [5.74, 6) is 0. The second-order valence-electron chi connectivity index (χ2n) is 5.17. The van der Waals surface area contributed by atoms with Crippen molar-refractivity contribution in [2.45, 2.75) is 20.8 Å². The van der Waals surface area contributed by atoms with Gasteiger partial charge >= 0.3 is 0 Å². The third-order valence-electron chi connectivity index (χ3n) is 3.44. The van der Waals surface area contributed by atoms with Gasteiger partial charge in [-0.1, -0.05) is 23.8 Å². The fourth-order valence-corrected chi connectivity index (χ4v) is 2.68. The first-order chi connectivity index (χ1) is 9.65. The van der Waals surface area contributed by atoms with Crippen molar-refractivity contribution >= 4 is 0 Å². The molecule has 0 amide bonds. The molecule has 110 valence electrons. The molecule has 0 fully saturated rings. The van der Waals surface area contributed by atoms with E-state index in [1.165, 1.54) is 16.7 Å². The van der Waals surface area contributed by atoms with E-state index < -0.39 is 0 Å². The first-order valence-electron chi connectivity index (χ1n) is 6.76. The van der Waals surface area contributed by atoms with Crippen LogP contribution in [0, 0.1) is 26.8 Å². The third-order valence-corrected chi connectivity index (χ3v) is 3.44. The minimum Gasteiger partial charge on any atom is -0.250 e. The standard InChI is InChI=1S/C18H17N2.Pt/c1-13-11-14(2)18(15(3)12-13)20-10-9-17(19-20)16-7-5-4-6-8-16;/h4-7,9-12H,1-3H3;/q-1;. The van der Waals surface area contributed by atoms with E-state index in [1.54, 1.807) is 0 Å². The molecule has 1 aromatic heterocycles. The van der Waals surface area contributed by atoms with Gasteiger partial charge in [0.15, 0.2) is 0 Å². The van der Waals surface area contributed by atoms with E-state index in [2.05, 4.69) is 44.1 Å². The summed E-state index contributed by atoms with van der Waals surface area (Å²) in [5, 5.41) is 4.69. The predicted octanol–water partition coefficient (Wildman–Crippen LogP) is 4.26. The maximum atomic E-state index is 4.69. The summed E-state index contributed by atoms with van der Waals surface area (Å²) in [5.41, 5.74) is 6.91. The first kappa shape index (κ1) is 15.7. The van der Waals surface area contributed by atoms with E-state index in [0.29, 0.717) is 0 Å². The molecule has 2 nitrogen and oxygen atoms in total. The van der Waals surface area contributed by atoms with E-state index >= 15 is 0 Å². The van der Waals surface area contributed by atoms with Gasteiger partial charge in [-0.05, 0) is 31.9 Å². The molecule has 0 atom stereocenters. The van der Waals surface area contributed by atoms with Crippen molar-refractivity contribution < 1.29 is 21.1 Å². The summed E-state index contributed by atoms with van der Waals surface area (Å²) >= 11 is 0. The maximum Gasteiger partial charge on any atom is 0.0694 e. The number of aromatic nitrogens is 2. The molecule has 1 heterocycles. The van der Waals surface area contributed by atoms with E-state index in [1.807, 2.05) is 41.2 Å². The van der Waals surface area contributed by atoms with Crippen molar-refractivity contribution in [2.24, 2.45) is 0 Å². The number of nitrogens with zero attached hydrogens (tertiary/aromatic N) is 2. The average molecular weight is 456 g/mol. The van der Waals surface area contributed by atoms with Gasteiger partial charge in [-0.15, -0.1) is 35.9 Å². The topological polar surface area (TPSA) is 17.8 Å². The number of benzene rings is 2. The van der Waals surface area contributed by atoms with Crippen molar-refractivity contribution in [1.82, 2.24) is 9.78 Å². The van der Waals surface area contributed by atoms with Gasteiger partial charge in [-0.3, -0.25) is 0 Å². The Balaban J connectivity index is 0.00000161. The van der Waals surface area contributed by atoms with Crippen LogP contribution in [0.5, 0.6) is 0 Å². The van der Waals surface area contributed by atoms with Crippen LogP contribution in [0.1, 0.15) is 16.7 Å². The van der Waals surface area contributed by atoms with Gasteiger partial charge in [0.05, 0.1) is 5.69 Å². The minimum atomic E-state index is 0. The summed E-state index contributed by atoms with van der Waals surface area (Å²) in [6.07, 6.45) is 2.01. The molecule has 0 saturated heterocycles. The zero-order valence-corrected chi connectivity index (χ0v) is 14.6. The van der Waals surface area contributed by atoms with E-state index in [-0.39, 0.29) is 21.1 Å². The van der Waals surface area contributed by atoms with Crippen LogP contribution in [0.25, 0.3) is 16.9 Å². The number of aryl methyl sites for hydroxylation is 3. The van der Waals surface area contributed by atoms with E-state index in [4.69, 9.17) is 0 Å². The van der Waals surface area contributed by atoms with Gasteiger partial charge in [0.25, 0.3) is 0 Å². The van der Waals surface area contributed by atoms with Crippen LogP contribution in [0.4, 0.5) is 0 Å². The second-order valence-corrected chi connectivity index (χ2v) is 5.17. The molecule has 0 aliphatic heterocycles. The Hall–Kier alpha value is -1.66. The molecule has 0 spiro atoms. The Morgan fingerprint density at radius 3 is 2.33 bits per heavy atom. The van der Waals surface area contributed by atoms with Crippen LogP contribution >= 0.6 is 0 Å². The monoisotopic (exact) mass is 456 g/mol. The Bertz CT molecular complexity index is 722. The second kappa shape index (κ2) is 6.40. The molecule has 3 aromatic rings. The molecule has 0 aliphatic rings. The molecule has 0 radical (unpaired) electrons. The SMILES string of the molecule is Cc1cc(C)c(-n2ccc(-c3[c-]cccc3)n2)c(C)c1.[Pt]. The van der Waals surface area contributed by atoms with Crippen LogP contribution in [-0.4, -0.2) is 9.78 Å². The van der Waals surface area contributed by atoms with Crippen LogP contribution in [0.2, 0.25) is 0 Å². The van der Waals surface area contributed by atoms with Gasteiger partial charge in [-0.25, -0.2) is 9.78 Å². The molecule has 3 heteroatoms. The smallest absolute Gasteiger partial charge is 0.0694 e. The van der Waals surface area contributed by atoms with Crippen LogP contribution in [-0.2, 0) is 21.1 Å². The number of rotatable bonds is 2. The van der Waals surface area contributed by atoms with Gasteiger partial charge in [-0.2, -0.15) is 0 Å². The zero-order chi connectivity index (χ0) is 14.1. The van der Waals surface area contributed by atoms with Crippen LogP contribution < -0.4 is 0 Å². The Labute approximate surface area is 140 Å². The molecule has 0 N–H and O–H groups in total. The summed E-state index contributed by atoms with van der Waals surface area (Å²) < 4.78 is 1.96. The summed E-state index contributed by atoms with van der Waals surface area (Å²) in [7, 11) is 0. The molecule has 0 unspecified atom stereocenters. The van der Waals surface area contributed by atoms with Crippen molar-refractivity contribution in [3.05, 3.63) is 71.4 Å². The quantitative estimate of drug-likeness (QED) is 0.527. The van der Waals surface area contributed by atoms with Crippen molar-refractivity contribution in [3.8, 4) is 16.9 Å². The fourth-order valence-electron chi connectivity index (χ4n) is 2.68. The van der Waals surface area contributed by atoms with Gasteiger partial charge in [0, 0.05) is 33.0 Å². The normalized spacial score (nSPS) is 10.2. The fraction of sp³-hybridized carbons (Fsp3) is 0.167. The molecule has 2 aromatic carbocycles. The van der Waals surface area contributed by atoms with Crippen LogP contribution in [0.3, 0.4) is 0 Å². The average Bonchev–Trinajstić information content (AvgIpc) is 2.88. The predicted molar refractivity (Wildman–Crippen MR) is 82.0 cm³/mol. The Morgan fingerprint density at radius 2 is 1.71 bits per heavy atom. The van der Waals surface area contributed by atoms with Gasteiger partial charge < -0.3 is 0 Å². The Morgan fingerprint density at radius 1 is 1.00 bits per heavy atom. The van der Waals surface area contributed by atoms with Crippen molar-refractivity contribution in [3.63, 3.8) is 0 Å². The Kier molecular flexibility index (Phi) is 4.80. The molecular formula is C18H17N2Pt-. The summed E-state index contributed by atoms with van der Waals surface area (Å²) in [6, 6.07) is 17.5. The van der Waals surface area contributed by atoms with Crippen LogP contribution in [0.15, 0.2) is 48.7 Å². The first-order valence-corrected chi connectivity index (χ1v) is 6.76. The zero-order valence-electron chi connectivity index (χ0n) is 12.3. The van der Waals surface area contributed by atoms with Crippen molar-refractivity contribution in [1.29, 1.82) is 0 Å². The molecule has 0 bridgehead atoms. The summed E-state index contributed by atoms with van der Waals surface area (Å²) in [4.78, 5) is 0. The summed E-state index contributed by atoms with van der Waals surface area (Å²) in [6.45, 7) is 6.38. The van der Waals surface area contributed by atoms with Gasteiger partial charge in [0.1, 0.15) is 0 Å². The molecular weight excluding hydrogens is 439 g/mol. The third kappa shape index (κ3) is 3.16. The molecule has 3 rings (SSSR count).